The Balaban J connectivity index is -0.000000117. The summed E-state index contributed by atoms with van der Waals surface area (Å²) in [7, 11) is 1.72. The molecule has 0 aliphatic rings. The van der Waals surface area contributed by atoms with E-state index in [2.05, 4.69) is 123 Å². The number of hydrogen-bond acceptors (Lipinski definition) is 4. The van der Waals surface area contributed by atoms with Crippen LogP contribution in [-0.4, -0.2) is 33.0 Å². The molecule has 0 fully saturated rings. The predicted octanol–water partition coefficient (Wildman–Crippen LogP) is 11.9. The molecule has 1 rings (SSSR count). The Morgan fingerprint density at radius 1 is 1.00 bits per heavy atom. The van der Waals surface area contributed by atoms with Crippen LogP contribution < -0.4 is 11.3 Å². The number of methoxy groups -OCH3 is 1. The number of nitrogens with one attached hydrogen (secondary N) is 1. The van der Waals surface area contributed by atoms with E-state index in [1.165, 1.54) is 53.5 Å². The van der Waals surface area contributed by atoms with Gasteiger partial charge in [0.2, 0.25) is 0 Å². The molecule has 256 valence electrons. The monoisotopic (exact) mass is 607 g/mol. The minimum absolute atomic E-state index is 0. The highest BCUT2D eigenvalue weighted by molar-refractivity contribution is 5.73. The molecular weight excluding hydrogens is 528 g/mol. The van der Waals surface area contributed by atoms with Gasteiger partial charge in [0.1, 0.15) is 0 Å². The summed E-state index contributed by atoms with van der Waals surface area (Å²) in [4.78, 5) is 0. The Labute approximate surface area is 272 Å². The number of rotatable bonds is 14. The van der Waals surface area contributed by atoms with Crippen molar-refractivity contribution in [2.45, 2.75) is 136 Å². The summed E-state index contributed by atoms with van der Waals surface area (Å²) in [5, 5.41) is 0. The summed E-state index contributed by atoms with van der Waals surface area (Å²) in [5.74, 6) is 5.75. The summed E-state index contributed by atoms with van der Waals surface area (Å²) < 4.78 is 10.3. The summed E-state index contributed by atoms with van der Waals surface area (Å²) in [6, 6.07) is 8.57. The topological polar surface area (TPSA) is 56.5 Å². The third kappa shape index (κ3) is 34.4. The fourth-order valence-electron chi connectivity index (χ4n) is 3.61. The number of ether oxygens (including phenoxy) is 2. The van der Waals surface area contributed by atoms with Crippen molar-refractivity contribution < 1.29 is 9.47 Å². The Hall–Kier alpha value is -1.98. The maximum Gasteiger partial charge on any atom is 0.0518 e. The first kappa shape index (κ1) is 53.6. The Morgan fingerprint density at radius 2 is 1.56 bits per heavy atom. The highest BCUT2D eigenvalue weighted by Crippen LogP contribution is 2.26. The van der Waals surface area contributed by atoms with E-state index in [1.54, 1.807) is 7.11 Å². The van der Waals surface area contributed by atoms with Gasteiger partial charge in [-0.3, -0.25) is 11.3 Å². The van der Waals surface area contributed by atoms with Gasteiger partial charge < -0.3 is 9.47 Å². The molecule has 3 N–H and O–H groups in total. The molecule has 0 saturated carbocycles. The number of nitrogens with two attached hydrogens (primary N) is 1. The van der Waals surface area contributed by atoms with E-state index in [9.17, 15) is 0 Å². The smallest absolute Gasteiger partial charge is 0.0518 e. The molecular formula is C39H78N2O2. The molecule has 1 atom stereocenters. The summed E-state index contributed by atoms with van der Waals surface area (Å²) in [5.41, 5.74) is 9.38. The number of hydrazine groups is 1. The van der Waals surface area contributed by atoms with Crippen LogP contribution >= 0.6 is 0 Å². The van der Waals surface area contributed by atoms with Crippen molar-refractivity contribution in [3.63, 3.8) is 0 Å². The number of hydrogen-bond donors (Lipinski definition) is 2. The zero-order valence-electron chi connectivity index (χ0n) is 30.7. The fourth-order valence-corrected chi connectivity index (χ4v) is 3.61. The first-order chi connectivity index (χ1) is 20.2. The van der Waals surface area contributed by atoms with Crippen molar-refractivity contribution in [1.29, 1.82) is 0 Å². The van der Waals surface area contributed by atoms with Crippen LogP contribution in [0.25, 0.3) is 5.57 Å². The number of benzene rings is 1. The van der Waals surface area contributed by atoms with Gasteiger partial charge in [0.15, 0.2) is 0 Å². The minimum Gasteiger partial charge on any atom is -0.384 e. The summed E-state index contributed by atoms with van der Waals surface area (Å²) in [6.45, 7) is 35.9. The van der Waals surface area contributed by atoms with Crippen molar-refractivity contribution in [2.24, 2.45) is 11.8 Å². The SMILES string of the molecule is C.C/C=C(\C=C\CC)C(/C)=C(\C)c1ccccc1C.C=C.CC.CC.CCCC(CNN)COC.CCCCOC(C)C. The van der Waals surface area contributed by atoms with Gasteiger partial charge in [0, 0.05) is 20.3 Å². The van der Waals surface area contributed by atoms with Crippen molar-refractivity contribution in [2.75, 3.05) is 26.9 Å². The lowest BCUT2D eigenvalue weighted by Crippen LogP contribution is -2.30. The van der Waals surface area contributed by atoms with Crippen LogP contribution in [0.15, 0.2) is 66.8 Å². The van der Waals surface area contributed by atoms with Crippen molar-refractivity contribution in [3.05, 3.63) is 77.9 Å². The third-order valence-corrected chi connectivity index (χ3v) is 5.84. The molecule has 1 unspecified atom stereocenters. The van der Waals surface area contributed by atoms with Gasteiger partial charge in [-0.05, 0) is 94.6 Å². The lowest BCUT2D eigenvalue weighted by Gasteiger charge is -2.13. The van der Waals surface area contributed by atoms with Crippen LogP contribution in [0.2, 0.25) is 0 Å². The van der Waals surface area contributed by atoms with Gasteiger partial charge in [0.05, 0.1) is 12.7 Å². The largest absolute Gasteiger partial charge is 0.384 e. The molecule has 4 heteroatoms. The minimum atomic E-state index is 0. The Bertz CT molecular complexity index is 737. The zero-order chi connectivity index (χ0) is 33.8. The van der Waals surface area contributed by atoms with Crippen LogP contribution in [0.5, 0.6) is 0 Å². The molecule has 0 saturated heterocycles. The Morgan fingerprint density at radius 3 is 1.95 bits per heavy atom. The molecule has 43 heavy (non-hydrogen) atoms. The molecule has 0 heterocycles. The highest BCUT2D eigenvalue weighted by Gasteiger charge is 2.06. The van der Waals surface area contributed by atoms with E-state index in [1.807, 2.05) is 27.7 Å². The number of allylic oxidation sites excluding steroid dienone is 6. The molecule has 0 spiro atoms. The van der Waals surface area contributed by atoms with E-state index >= 15 is 0 Å². The van der Waals surface area contributed by atoms with Crippen LogP contribution in [0.1, 0.15) is 134 Å². The van der Waals surface area contributed by atoms with E-state index in [-0.39, 0.29) is 7.43 Å². The van der Waals surface area contributed by atoms with E-state index in [0.717, 1.165) is 26.2 Å². The van der Waals surface area contributed by atoms with Gasteiger partial charge in [-0.25, -0.2) is 0 Å². The van der Waals surface area contributed by atoms with Gasteiger partial charge in [-0.15, -0.1) is 13.2 Å². The zero-order valence-corrected chi connectivity index (χ0v) is 30.7. The molecule has 0 radical (unpaired) electrons. The van der Waals surface area contributed by atoms with Gasteiger partial charge >= 0.3 is 0 Å². The van der Waals surface area contributed by atoms with E-state index < -0.39 is 0 Å². The molecule has 1 aromatic rings. The normalized spacial score (nSPS) is 11.3. The number of aryl methyl sites for hydroxylation is 1. The fraction of sp³-hybridized carbons (Fsp3) is 0.641. The predicted molar refractivity (Wildman–Crippen MR) is 202 cm³/mol. The molecule has 4 nitrogen and oxygen atoms in total. The molecule has 0 bridgehead atoms. The van der Waals surface area contributed by atoms with Crippen LogP contribution in [0.3, 0.4) is 0 Å². The first-order valence-electron chi connectivity index (χ1n) is 16.3. The Kier molecular flexibility index (Phi) is 55.4. The number of unbranched alkanes of at least 4 members (excludes halogenated alkanes) is 1. The van der Waals surface area contributed by atoms with Gasteiger partial charge in [-0.1, -0.05) is 111 Å². The van der Waals surface area contributed by atoms with Gasteiger partial charge in [-0.2, -0.15) is 0 Å². The molecule has 0 aliphatic carbocycles. The molecule has 1 aromatic carbocycles. The van der Waals surface area contributed by atoms with Crippen molar-refractivity contribution >= 4 is 5.57 Å². The summed E-state index contributed by atoms with van der Waals surface area (Å²) in [6.07, 6.45) is 12.9. The second-order valence-electron chi connectivity index (χ2n) is 9.41. The van der Waals surface area contributed by atoms with Crippen LogP contribution in [-0.2, 0) is 9.47 Å². The van der Waals surface area contributed by atoms with Crippen LogP contribution in [0, 0.1) is 12.8 Å². The molecule has 0 aliphatic heterocycles. The quantitative estimate of drug-likeness (QED) is 0.0727. The second-order valence-corrected chi connectivity index (χ2v) is 9.41. The van der Waals surface area contributed by atoms with Crippen molar-refractivity contribution in [1.82, 2.24) is 5.43 Å². The lowest BCUT2D eigenvalue weighted by atomic mass is 9.94. The highest BCUT2D eigenvalue weighted by atomic mass is 16.5. The van der Waals surface area contributed by atoms with Gasteiger partial charge in [0.25, 0.3) is 0 Å². The summed E-state index contributed by atoms with van der Waals surface area (Å²) >= 11 is 0. The van der Waals surface area contributed by atoms with Crippen molar-refractivity contribution in [3.8, 4) is 0 Å². The third-order valence-electron chi connectivity index (χ3n) is 5.84. The standard InChI is InChI=1S/C18H24.C7H18N2O.C7H16O.2C2H6.C2H4.CH4/c1-6-8-12-17(7-2)15(4)16(5)18-13-10-9-11-14(18)3;1-3-4-7(5-9-8)6-10-2;1-4-5-6-8-7(2)3;3*1-2;/h7-13H,6H2,1-5H3;7,9H,3-6,8H2,1-2H3;7H,4-6H2,1-3H3;2*1-2H3;1-2H2;1H4/b12-8+,16-15+,17-7+;;;;;;. The lowest BCUT2D eigenvalue weighted by molar-refractivity contribution is 0.0767. The average molecular weight is 607 g/mol. The van der Waals surface area contributed by atoms with E-state index in [4.69, 9.17) is 15.3 Å². The second kappa shape index (κ2) is 44.5. The first-order valence-corrected chi connectivity index (χ1v) is 16.3. The maximum atomic E-state index is 5.28. The van der Waals surface area contributed by atoms with E-state index in [0.29, 0.717) is 12.0 Å². The average Bonchev–Trinajstić information content (AvgIpc) is 3.01. The van der Waals surface area contributed by atoms with Crippen LogP contribution in [0.4, 0.5) is 0 Å². The maximum absolute atomic E-state index is 5.28. The molecule has 0 amide bonds. The molecule has 0 aromatic heterocycles.